The van der Waals surface area contributed by atoms with Gasteiger partial charge in [0.1, 0.15) is 0 Å². The molecule has 1 N–H and O–H groups in total. The third-order valence-corrected chi connectivity index (χ3v) is 2.22. The molecule has 0 aliphatic heterocycles. The summed E-state index contributed by atoms with van der Waals surface area (Å²) < 4.78 is 4.83. The summed E-state index contributed by atoms with van der Waals surface area (Å²) >= 11 is 0. The van der Waals surface area contributed by atoms with E-state index in [-0.39, 0.29) is 13.0 Å². The smallest absolute Gasteiger partial charge is 0.343 e. The SMILES string of the molecule is C#CCC(O)(C(=O)OCC)c1ccccc1. The molecule has 0 radical (unpaired) electrons. The van der Waals surface area contributed by atoms with Gasteiger partial charge >= 0.3 is 5.97 Å². The van der Waals surface area contributed by atoms with Crippen LogP contribution >= 0.6 is 0 Å². The Hall–Kier alpha value is -1.79. The predicted molar refractivity (Wildman–Crippen MR) is 60.4 cm³/mol. The number of aliphatic hydroxyl groups is 1. The van der Waals surface area contributed by atoms with Crippen molar-refractivity contribution < 1.29 is 14.6 Å². The lowest BCUT2D eigenvalue weighted by Crippen LogP contribution is -2.37. The van der Waals surface area contributed by atoms with Gasteiger partial charge in [0.05, 0.1) is 13.0 Å². The molecule has 1 aromatic rings. The zero-order valence-electron chi connectivity index (χ0n) is 9.14. The number of carbonyl (C=O) groups excluding carboxylic acids is 1. The molecular formula is C13H14O3. The average molecular weight is 218 g/mol. The third-order valence-electron chi connectivity index (χ3n) is 2.22. The van der Waals surface area contributed by atoms with Gasteiger partial charge in [-0.1, -0.05) is 30.3 Å². The van der Waals surface area contributed by atoms with Gasteiger partial charge in [-0.05, 0) is 12.5 Å². The molecule has 1 atom stereocenters. The molecule has 1 rings (SSSR count). The zero-order chi connectivity index (χ0) is 12.0. The molecule has 0 heterocycles. The number of ether oxygens (including phenoxy) is 1. The number of hydrogen-bond acceptors (Lipinski definition) is 3. The summed E-state index contributed by atoms with van der Waals surface area (Å²) in [5, 5.41) is 10.3. The van der Waals surface area contributed by atoms with Gasteiger partial charge in [-0.2, -0.15) is 0 Å². The van der Waals surface area contributed by atoms with Crippen LogP contribution in [0.4, 0.5) is 0 Å². The molecular weight excluding hydrogens is 204 g/mol. The van der Waals surface area contributed by atoms with Crippen molar-refractivity contribution >= 4 is 5.97 Å². The van der Waals surface area contributed by atoms with Crippen molar-refractivity contribution in [3.05, 3.63) is 35.9 Å². The van der Waals surface area contributed by atoms with Gasteiger partial charge < -0.3 is 9.84 Å². The van der Waals surface area contributed by atoms with Crippen LogP contribution in [0.2, 0.25) is 0 Å². The minimum atomic E-state index is -1.74. The van der Waals surface area contributed by atoms with Crippen molar-refractivity contribution in [1.82, 2.24) is 0 Å². The monoisotopic (exact) mass is 218 g/mol. The highest BCUT2D eigenvalue weighted by atomic mass is 16.5. The van der Waals surface area contributed by atoms with Crippen LogP contribution in [-0.4, -0.2) is 17.7 Å². The fourth-order valence-electron chi connectivity index (χ4n) is 1.40. The fourth-order valence-corrected chi connectivity index (χ4v) is 1.40. The van der Waals surface area contributed by atoms with Gasteiger partial charge in [0.25, 0.3) is 0 Å². The van der Waals surface area contributed by atoms with Gasteiger partial charge in [-0.3, -0.25) is 0 Å². The number of benzene rings is 1. The van der Waals surface area contributed by atoms with Gasteiger partial charge in [0.15, 0.2) is 5.60 Å². The molecule has 0 fully saturated rings. The quantitative estimate of drug-likeness (QED) is 0.614. The zero-order valence-corrected chi connectivity index (χ0v) is 9.14. The Morgan fingerprint density at radius 2 is 2.12 bits per heavy atom. The van der Waals surface area contributed by atoms with Crippen LogP contribution in [0, 0.1) is 12.3 Å². The molecule has 0 saturated carbocycles. The Kier molecular flexibility index (Phi) is 4.10. The first kappa shape index (κ1) is 12.3. The molecule has 0 saturated heterocycles. The Balaban J connectivity index is 3.07. The molecule has 3 heteroatoms. The van der Waals surface area contributed by atoms with Crippen LogP contribution in [0.5, 0.6) is 0 Å². The third kappa shape index (κ3) is 2.41. The largest absolute Gasteiger partial charge is 0.464 e. The molecule has 0 amide bonds. The van der Waals surface area contributed by atoms with E-state index in [0.29, 0.717) is 5.56 Å². The molecule has 1 aromatic carbocycles. The number of hydrogen-bond donors (Lipinski definition) is 1. The highest BCUT2D eigenvalue weighted by molar-refractivity contribution is 5.81. The second-order valence-electron chi connectivity index (χ2n) is 3.33. The van der Waals surface area contributed by atoms with Crippen LogP contribution in [0.25, 0.3) is 0 Å². The van der Waals surface area contributed by atoms with Crippen LogP contribution in [-0.2, 0) is 15.1 Å². The first-order valence-corrected chi connectivity index (χ1v) is 5.03. The molecule has 0 aliphatic carbocycles. The summed E-state index contributed by atoms with van der Waals surface area (Å²) in [6, 6.07) is 8.56. The molecule has 16 heavy (non-hydrogen) atoms. The van der Waals surface area contributed by atoms with Gasteiger partial charge in [0.2, 0.25) is 0 Å². The van der Waals surface area contributed by atoms with Crippen molar-refractivity contribution in [1.29, 1.82) is 0 Å². The lowest BCUT2D eigenvalue weighted by atomic mass is 9.91. The van der Waals surface area contributed by atoms with Crippen molar-refractivity contribution in [2.24, 2.45) is 0 Å². The highest BCUT2D eigenvalue weighted by Gasteiger charge is 2.38. The maximum absolute atomic E-state index is 11.7. The van der Waals surface area contributed by atoms with Crippen LogP contribution < -0.4 is 0 Å². The van der Waals surface area contributed by atoms with Gasteiger partial charge in [-0.25, -0.2) is 4.79 Å². The summed E-state index contributed by atoms with van der Waals surface area (Å²) in [5.41, 5.74) is -1.29. The molecule has 0 bridgehead atoms. The summed E-state index contributed by atoms with van der Waals surface area (Å²) in [7, 11) is 0. The Morgan fingerprint density at radius 3 is 2.62 bits per heavy atom. The standard InChI is InChI=1S/C13H14O3/c1-3-10-13(15,12(14)16-4-2)11-8-6-5-7-9-11/h1,5-9,15H,4,10H2,2H3. The number of carbonyl (C=O) groups is 1. The molecule has 1 unspecified atom stereocenters. The van der Waals surface area contributed by atoms with Crippen molar-refractivity contribution in [2.75, 3.05) is 6.61 Å². The van der Waals surface area contributed by atoms with Gasteiger partial charge in [0, 0.05) is 0 Å². The number of esters is 1. The van der Waals surface area contributed by atoms with E-state index in [9.17, 15) is 9.90 Å². The second kappa shape index (κ2) is 5.34. The molecule has 84 valence electrons. The van der Waals surface area contributed by atoms with Gasteiger partial charge in [-0.15, -0.1) is 12.3 Å². The highest BCUT2D eigenvalue weighted by Crippen LogP contribution is 2.26. The topological polar surface area (TPSA) is 46.5 Å². The fraction of sp³-hybridized carbons (Fsp3) is 0.308. The van der Waals surface area contributed by atoms with E-state index in [4.69, 9.17) is 11.2 Å². The van der Waals surface area contributed by atoms with E-state index in [0.717, 1.165) is 0 Å². The summed E-state index contributed by atoms with van der Waals surface area (Å²) in [5.74, 6) is 1.59. The first-order chi connectivity index (χ1) is 7.65. The predicted octanol–water partition coefficient (Wildman–Crippen LogP) is 1.46. The number of rotatable bonds is 4. The van der Waals surface area contributed by atoms with E-state index in [2.05, 4.69) is 5.92 Å². The van der Waals surface area contributed by atoms with Crippen LogP contribution in [0.3, 0.4) is 0 Å². The van der Waals surface area contributed by atoms with Crippen molar-refractivity contribution in [3.8, 4) is 12.3 Å². The lowest BCUT2D eigenvalue weighted by molar-refractivity contribution is -0.165. The normalized spacial score (nSPS) is 13.6. The summed E-state index contributed by atoms with van der Waals surface area (Å²) in [6.45, 7) is 1.89. The van der Waals surface area contributed by atoms with Crippen molar-refractivity contribution in [2.45, 2.75) is 18.9 Å². The summed E-state index contributed by atoms with van der Waals surface area (Å²) in [4.78, 5) is 11.7. The van der Waals surface area contributed by atoms with Crippen molar-refractivity contribution in [3.63, 3.8) is 0 Å². The van der Waals surface area contributed by atoms with E-state index < -0.39 is 11.6 Å². The Labute approximate surface area is 95.1 Å². The average Bonchev–Trinajstić information content (AvgIpc) is 2.30. The van der Waals surface area contributed by atoms with E-state index >= 15 is 0 Å². The van der Waals surface area contributed by atoms with Crippen LogP contribution in [0.15, 0.2) is 30.3 Å². The Morgan fingerprint density at radius 1 is 1.50 bits per heavy atom. The lowest BCUT2D eigenvalue weighted by Gasteiger charge is -2.24. The van der Waals surface area contributed by atoms with Crippen LogP contribution in [0.1, 0.15) is 18.9 Å². The molecule has 0 aliphatic rings. The van der Waals surface area contributed by atoms with E-state index in [1.807, 2.05) is 0 Å². The maximum Gasteiger partial charge on any atom is 0.343 e. The number of terminal acetylenes is 1. The minimum Gasteiger partial charge on any atom is -0.464 e. The Bertz CT molecular complexity index is 391. The second-order valence-corrected chi connectivity index (χ2v) is 3.33. The summed E-state index contributed by atoms with van der Waals surface area (Å²) in [6.07, 6.45) is 5.07. The maximum atomic E-state index is 11.7. The molecule has 0 spiro atoms. The van der Waals surface area contributed by atoms with E-state index in [1.165, 1.54) is 0 Å². The minimum absolute atomic E-state index is 0.101. The van der Waals surface area contributed by atoms with E-state index in [1.54, 1.807) is 37.3 Å². The molecule has 0 aromatic heterocycles. The first-order valence-electron chi connectivity index (χ1n) is 5.03. The molecule has 3 nitrogen and oxygen atoms in total.